The molecule has 0 saturated carbocycles. The average molecular weight is 351 g/mol. The molecular formula is C20H21N3O3. The maximum Gasteiger partial charge on any atom is 0.270 e. The Bertz CT molecular complexity index is 830. The van der Waals surface area contributed by atoms with E-state index in [2.05, 4.69) is 10.5 Å². The summed E-state index contributed by atoms with van der Waals surface area (Å²) in [5.41, 5.74) is 3.84. The first-order valence-electron chi connectivity index (χ1n) is 8.47. The van der Waals surface area contributed by atoms with Gasteiger partial charge in [0.05, 0.1) is 0 Å². The predicted octanol–water partition coefficient (Wildman–Crippen LogP) is 2.91. The molecule has 2 aromatic rings. The summed E-state index contributed by atoms with van der Waals surface area (Å²) in [6, 6.07) is 15.3. The molecule has 134 valence electrons. The van der Waals surface area contributed by atoms with E-state index in [-0.39, 0.29) is 18.6 Å². The van der Waals surface area contributed by atoms with Gasteiger partial charge in [0, 0.05) is 17.4 Å². The van der Waals surface area contributed by atoms with Crippen LogP contribution in [0.2, 0.25) is 0 Å². The molecule has 1 unspecified atom stereocenters. The number of benzene rings is 2. The van der Waals surface area contributed by atoms with E-state index in [0.717, 1.165) is 29.4 Å². The highest BCUT2D eigenvalue weighted by Crippen LogP contribution is 2.31. The fraction of sp³-hybridized carbons (Fsp3) is 0.250. The average Bonchev–Trinajstić information content (AvgIpc) is 2.96. The van der Waals surface area contributed by atoms with Gasteiger partial charge in [-0.15, -0.1) is 0 Å². The second-order valence-corrected chi connectivity index (χ2v) is 6.31. The minimum Gasteiger partial charge on any atom is -0.385 e. The summed E-state index contributed by atoms with van der Waals surface area (Å²) in [6.45, 7) is 3.75. The van der Waals surface area contributed by atoms with Gasteiger partial charge in [0.2, 0.25) is 0 Å². The molecule has 0 fully saturated rings. The number of fused-ring (bicyclic) bond motifs is 1. The van der Waals surface area contributed by atoms with E-state index in [1.54, 1.807) is 17.0 Å². The number of para-hydroxylation sites is 1. The van der Waals surface area contributed by atoms with Crippen LogP contribution in [-0.2, 0) is 20.8 Å². The van der Waals surface area contributed by atoms with Crippen LogP contribution in [0.4, 0.5) is 11.4 Å². The lowest BCUT2D eigenvalue weighted by molar-refractivity contribution is -0.123. The largest absolute Gasteiger partial charge is 0.385 e. The predicted molar refractivity (Wildman–Crippen MR) is 101 cm³/mol. The maximum absolute atomic E-state index is 12.4. The number of carbonyl (C=O) groups is 2. The van der Waals surface area contributed by atoms with E-state index >= 15 is 0 Å². The van der Waals surface area contributed by atoms with Crippen LogP contribution in [0.15, 0.2) is 53.7 Å². The minimum absolute atomic E-state index is 0.0808. The van der Waals surface area contributed by atoms with Crippen molar-refractivity contribution in [2.45, 2.75) is 26.3 Å². The van der Waals surface area contributed by atoms with E-state index in [1.807, 2.05) is 50.2 Å². The Morgan fingerprint density at radius 1 is 1.23 bits per heavy atom. The Morgan fingerprint density at radius 2 is 1.96 bits per heavy atom. The molecule has 3 rings (SSSR count). The minimum atomic E-state index is -0.416. The number of aryl methyl sites for hydroxylation is 1. The van der Waals surface area contributed by atoms with E-state index in [4.69, 9.17) is 4.84 Å². The van der Waals surface area contributed by atoms with Gasteiger partial charge >= 0.3 is 0 Å². The molecule has 2 amide bonds. The number of rotatable bonds is 5. The first kappa shape index (κ1) is 17.7. The third-order valence-electron chi connectivity index (χ3n) is 4.23. The van der Waals surface area contributed by atoms with Gasteiger partial charge in [-0.05, 0) is 44.0 Å². The lowest BCUT2D eigenvalue weighted by atomic mass is 10.1. The number of oxime groups is 1. The van der Waals surface area contributed by atoms with Crippen molar-refractivity contribution >= 4 is 29.4 Å². The number of nitrogens with one attached hydrogen (secondary N) is 1. The molecule has 0 aliphatic carbocycles. The molecule has 0 spiro atoms. The van der Waals surface area contributed by atoms with E-state index in [0.29, 0.717) is 5.69 Å². The summed E-state index contributed by atoms with van der Waals surface area (Å²) in [6.07, 6.45) is 1.85. The van der Waals surface area contributed by atoms with E-state index in [9.17, 15) is 9.59 Å². The molecule has 0 radical (unpaired) electrons. The number of anilines is 2. The standard InChI is InChI=1S/C20H21N3O3/c1-14-7-9-17(10-8-14)22-19(24)12-21-26-13-20(25)23-15(2)11-16-5-3-4-6-18(16)23/h3-10,12,15H,11,13H2,1-2H3,(H,22,24). The molecule has 1 aliphatic rings. The zero-order valence-corrected chi connectivity index (χ0v) is 14.8. The second-order valence-electron chi connectivity index (χ2n) is 6.31. The van der Waals surface area contributed by atoms with Crippen LogP contribution >= 0.6 is 0 Å². The number of hydrogen-bond acceptors (Lipinski definition) is 4. The summed E-state index contributed by atoms with van der Waals surface area (Å²) in [4.78, 5) is 30.9. The van der Waals surface area contributed by atoms with Crippen molar-refractivity contribution in [3.63, 3.8) is 0 Å². The molecule has 2 aromatic carbocycles. The molecular weight excluding hydrogens is 330 g/mol. The van der Waals surface area contributed by atoms with Crippen molar-refractivity contribution in [3.05, 3.63) is 59.7 Å². The van der Waals surface area contributed by atoms with Crippen LogP contribution in [0.3, 0.4) is 0 Å². The summed E-state index contributed by atoms with van der Waals surface area (Å²) >= 11 is 0. The highest BCUT2D eigenvalue weighted by Gasteiger charge is 2.30. The van der Waals surface area contributed by atoms with Gasteiger partial charge in [-0.2, -0.15) is 0 Å². The zero-order valence-electron chi connectivity index (χ0n) is 14.8. The summed E-state index contributed by atoms with van der Waals surface area (Å²) in [5, 5.41) is 6.26. The van der Waals surface area contributed by atoms with Crippen LogP contribution < -0.4 is 10.2 Å². The molecule has 0 saturated heterocycles. The fourth-order valence-corrected chi connectivity index (χ4v) is 3.00. The van der Waals surface area contributed by atoms with Crippen molar-refractivity contribution in [1.29, 1.82) is 0 Å². The van der Waals surface area contributed by atoms with Crippen molar-refractivity contribution < 1.29 is 14.4 Å². The Labute approximate surface area is 152 Å². The Morgan fingerprint density at radius 3 is 2.73 bits per heavy atom. The quantitative estimate of drug-likeness (QED) is 0.665. The van der Waals surface area contributed by atoms with Crippen molar-refractivity contribution in [3.8, 4) is 0 Å². The molecule has 26 heavy (non-hydrogen) atoms. The van der Waals surface area contributed by atoms with Crippen LogP contribution in [0.25, 0.3) is 0 Å². The third-order valence-corrected chi connectivity index (χ3v) is 4.23. The Kier molecular flexibility index (Phi) is 5.31. The smallest absolute Gasteiger partial charge is 0.270 e. The summed E-state index contributed by atoms with van der Waals surface area (Å²) in [5.74, 6) is -0.597. The van der Waals surface area contributed by atoms with Crippen molar-refractivity contribution in [2.75, 3.05) is 16.8 Å². The SMILES string of the molecule is Cc1ccc(NC(=O)C=NOCC(=O)N2c3ccccc3CC2C)cc1. The van der Waals surface area contributed by atoms with Crippen LogP contribution in [-0.4, -0.2) is 30.7 Å². The molecule has 6 heteroatoms. The lowest BCUT2D eigenvalue weighted by Gasteiger charge is -2.21. The molecule has 1 atom stereocenters. The number of hydrogen-bond donors (Lipinski definition) is 1. The third kappa shape index (κ3) is 4.08. The van der Waals surface area contributed by atoms with Gasteiger partial charge in [-0.25, -0.2) is 0 Å². The Hall–Kier alpha value is -3.15. The summed E-state index contributed by atoms with van der Waals surface area (Å²) in [7, 11) is 0. The van der Waals surface area contributed by atoms with Crippen molar-refractivity contribution in [1.82, 2.24) is 0 Å². The highest BCUT2D eigenvalue weighted by molar-refractivity contribution is 6.31. The van der Waals surface area contributed by atoms with Gasteiger partial charge in [-0.1, -0.05) is 41.1 Å². The highest BCUT2D eigenvalue weighted by atomic mass is 16.6. The second kappa shape index (κ2) is 7.82. The zero-order chi connectivity index (χ0) is 18.5. The number of amides is 2. The van der Waals surface area contributed by atoms with Crippen molar-refractivity contribution in [2.24, 2.45) is 5.16 Å². The molecule has 1 aliphatic heterocycles. The number of carbonyl (C=O) groups excluding carboxylic acids is 2. The summed E-state index contributed by atoms with van der Waals surface area (Å²) < 4.78 is 0. The maximum atomic E-state index is 12.4. The monoisotopic (exact) mass is 351 g/mol. The normalized spacial score (nSPS) is 15.8. The van der Waals surface area contributed by atoms with E-state index < -0.39 is 5.91 Å². The van der Waals surface area contributed by atoms with Gasteiger partial charge < -0.3 is 15.1 Å². The molecule has 1 heterocycles. The van der Waals surface area contributed by atoms with Gasteiger partial charge in [0.25, 0.3) is 11.8 Å². The number of nitrogens with zero attached hydrogens (tertiary/aromatic N) is 2. The van der Waals surface area contributed by atoms with Gasteiger partial charge in [0.15, 0.2) is 6.61 Å². The molecule has 0 bridgehead atoms. The molecule has 6 nitrogen and oxygen atoms in total. The van der Waals surface area contributed by atoms with E-state index in [1.165, 1.54) is 0 Å². The molecule has 0 aromatic heterocycles. The van der Waals surface area contributed by atoms with Gasteiger partial charge in [0.1, 0.15) is 6.21 Å². The van der Waals surface area contributed by atoms with Crippen LogP contribution in [0, 0.1) is 6.92 Å². The molecule has 1 N–H and O–H groups in total. The van der Waals surface area contributed by atoms with Crippen LogP contribution in [0.5, 0.6) is 0 Å². The lowest BCUT2D eigenvalue weighted by Crippen LogP contribution is -2.38. The van der Waals surface area contributed by atoms with Crippen LogP contribution in [0.1, 0.15) is 18.1 Å². The Balaban J connectivity index is 1.50. The first-order valence-corrected chi connectivity index (χ1v) is 8.47. The fourth-order valence-electron chi connectivity index (χ4n) is 3.00. The topological polar surface area (TPSA) is 71.0 Å². The van der Waals surface area contributed by atoms with Gasteiger partial charge in [-0.3, -0.25) is 9.59 Å². The first-order chi connectivity index (χ1) is 12.5.